The summed E-state index contributed by atoms with van der Waals surface area (Å²) in [6.45, 7) is 0.415. The van der Waals surface area contributed by atoms with Crippen LogP contribution in [0.15, 0.2) is 82.6 Å². The van der Waals surface area contributed by atoms with Gasteiger partial charge in [0.05, 0.1) is 0 Å². The minimum atomic E-state index is -0.784. The Kier molecular flexibility index (Phi) is 10.8. The predicted octanol–water partition coefficient (Wildman–Crippen LogP) is 4.77. The van der Waals surface area contributed by atoms with Gasteiger partial charge in [-0.2, -0.15) is 0 Å². The molecule has 0 saturated carbocycles. The van der Waals surface area contributed by atoms with Crippen LogP contribution in [0.2, 0.25) is 0 Å². The maximum atomic E-state index is 10.2. The fraction of sp³-hybridized carbons (Fsp3) is 0.308. The molecule has 0 aliphatic heterocycles. The van der Waals surface area contributed by atoms with Gasteiger partial charge in [0.25, 0.3) is 0 Å². The Morgan fingerprint density at radius 3 is 1.26 bits per heavy atom. The number of rotatable bonds is 14. The Balaban J connectivity index is 1.36. The first-order valence-corrected chi connectivity index (χ1v) is 13.3. The van der Waals surface area contributed by atoms with Crippen molar-refractivity contribution in [2.75, 3.05) is 38.9 Å². The van der Waals surface area contributed by atoms with E-state index in [1.165, 1.54) is 0 Å². The lowest BCUT2D eigenvalue weighted by Gasteiger charge is -2.16. The van der Waals surface area contributed by atoms with Crippen molar-refractivity contribution in [3.8, 4) is 23.0 Å². The van der Waals surface area contributed by atoms with Crippen LogP contribution in [0, 0.1) is 0 Å². The summed E-state index contributed by atoms with van der Waals surface area (Å²) in [5.74, 6) is 2.51. The summed E-state index contributed by atoms with van der Waals surface area (Å²) in [5.41, 5.74) is 0. The fourth-order valence-corrected chi connectivity index (χ4v) is 3.68. The second-order valence-corrected chi connectivity index (χ2v) is 9.14. The molecule has 0 radical (unpaired) electrons. The van der Waals surface area contributed by atoms with Crippen LogP contribution in [0.1, 0.15) is 0 Å². The average molecular weight is 503 g/mol. The average Bonchev–Trinajstić information content (AvgIpc) is 2.89. The van der Waals surface area contributed by atoms with Crippen LogP contribution in [0.25, 0.3) is 0 Å². The topological polar surface area (TPSA) is 77.4 Å². The SMILES string of the molecule is CSc1ccc(OCC(O)COc2cccc(OCC(O)COc3ccc(SC)cc3)c2)cc1. The van der Waals surface area contributed by atoms with Crippen LogP contribution >= 0.6 is 23.5 Å². The van der Waals surface area contributed by atoms with Gasteiger partial charge in [-0.3, -0.25) is 0 Å². The molecule has 0 aliphatic carbocycles. The lowest BCUT2D eigenvalue weighted by Crippen LogP contribution is -2.25. The Labute approximate surface area is 209 Å². The van der Waals surface area contributed by atoms with E-state index in [0.29, 0.717) is 23.0 Å². The van der Waals surface area contributed by atoms with Gasteiger partial charge in [0.2, 0.25) is 0 Å². The third-order valence-electron chi connectivity index (χ3n) is 4.69. The zero-order chi connectivity index (χ0) is 24.2. The molecular formula is C26H30O6S2. The monoisotopic (exact) mass is 502 g/mol. The van der Waals surface area contributed by atoms with Crippen LogP contribution < -0.4 is 18.9 Å². The molecular weight excluding hydrogens is 472 g/mol. The predicted molar refractivity (Wildman–Crippen MR) is 137 cm³/mol. The number of hydrogen-bond donors (Lipinski definition) is 2. The molecule has 34 heavy (non-hydrogen) atoms. The van der Waals surface area contributed by atoms with E-state index < -0.39 is 12.2 Å². The summed E-state index contributed by atoms with van der Waals surface area (Å²) in [5, 5.41) is 20.3. The molecule has 0 fully saturated rings. The van der Waals surface area contributed by atoms with Crippen molar-refractivity contribution >= 4 is 23.5 Å². The van der Waals surface area contributed by atoms with Crippen molar-refractivity contribution < 1.29 is 29.2 Å². The fourth-order valence-electron chi connectivity index (χ4n) is 2.86. The first-order chi connectivity index (χ1) is 16.6. The second-order valence-electron chi connectivity index (χ2n) is 7.38. The molecule has 0 heterocycles. The van der Waals surface area contributed by atoms with Crippen molar-refractivity contribution in [3.05, 3.63) is 72.8 Å². The van der Waals surface area contributed by atoms with E-state index in [9.17, 15) is 10.2 Å². The van der Waals surface area contributed by atoms with E-state index in [1.54, 1.807) is 47.8 Å². The van der Waals surface area contributed by atoms with Crippen LogP contribution in [0.5, 0.6) is 23.0 Å². The summed E-state index contributed by atoms with van der Waals surface area (Å²) in [6, 6.07) is 22.4. The molecule has 3 aromatic carbocycles. The van der Waals surface area contributed by atoms with Crippen molar-refractivity contribution in [2.45, 2.75) is 22.0 Å². The van der Waals surface area contributed by atoms with Crippen LogP contribution in [-0.2, 0) is 0 Å². The molecule has 0 saturated heterocycles. The second kappa shape index (κ2) is 14.0. The minimum absolute atomic E-state index is 0.0815. The Morgan fingerprint density at radius 2 is 0.912 bits per heavy atom. The van der Waals surface area contributed by atoms with Crippen LogP contribution in [-0.4, -0.2) is 61.4 Å². The molecule has 0 amide bonds. The van der Waals surface area contributed by atoms with E-state index in [-0.39, 0.29) is 26.4 Å². The Hall–Kier alpha value is -2.52. The smallest absolute Gasteiger partial charge is 0.123 e. The van der Waals surface area contributed by atoms with Gasteiger partial charge in [-0.25, -0.2) is 0 Å². The zero-order valence-electron chi connectivity index (χ0n) is 19.3. The van der Waals surface area contributed by atoms with Gasteiger partial charge in [-0.15, -0.1) is 23.5 Å². The molecule has 3 aromatic rings. The highest BCUT2D eigenvalue weighted by Gasteiger charge is 2.10. The van der Waals surface area contributed by atoms with Gasteiger partial charge in [0.1, 0.15) is 61.6 Å². The number of aliphatic hydroxyl groups is 2. The number of hydrogen-bond acceptors (Lipinski definition) is 8. The van der Waals surface area contributed by atoms with Gasteiger partial charge in [0.15, 0.2) is 0 Å². The van der Waals surface area contributed by atoms with Gasteiger partial charge >= 0.3 is 0 Å². The molecule has 2 unspecified atom stereocenters. The number of benzene rings is 3. The van der Waals surface area contributed by atoms with Crippen molar-refractivity contribution in [1.29, 1.82) is 0 Å². The number of aliphatic hydroxyl groups excluding tert-OH is 2. The van der Waals surface area contributed by atoms with Crippen molar-refractivity contribution in [1.82, 2.24) is 0 Å². The van der Waals surface area contributed by atoms with Gasteiger partial charge in [0, 0.05) is 15.9 Å². The Morgan fingerprint density at radius 1 is 0.559 bits per heavy atom. The van der Waals surface area contributed by atoms with E-state index in [1.807, 2.05) is 61.0 Å². The highest BCUT2D eigenvalue weighted by molar-refractivity contribution is 7.98. The third kappa shape index (κ3) is 9.02. The van der Waals surface area contributed by atoms with E-state index >= 15 is 0 Å². The third-order valence-corrected chi connectivity index (χ3v) is 6.18. The van der Waals surface area contributed by atoms with Gasteiger partial charge in [-0.05, 0) is 73.2 Å². The standard InChI is InChI=1S/C26H30O6S2/c1-33-25-10-6-21(7-11-25)29-15-19(27)17-31-23-4-3-5-24(14-23)32-18-20(28)16-30-22-8-12-26(34-2)13-9-22/h3-14,19-20,27-28H,15-18H2,1-2H3. The van der Waals surface area contributed by atoms with E-state index in [4.69, 9.17) is 18.9 Å². The molecule has 182 valence electrons. The molecule has 8 heteroatoms. The number of thioether (sulfide) groups is 2. The zero-order valence-corrected chi connectivity index (χ0v) is 20.9. The maximum Gasteiger partial charge on any atom is 0.123 e. The first kappa shape index (κ1) is 26.1. The molecule has 0 aromatic heterocycles. The summed E-state index contributed by atoms with van der Waals surface area (Å²) < 4.78 is 22.5. The molecule has 0 aliphatic rings. The molecule has 2 atom stereocenters. The molecule has 0 spiro atoms. The highest BCUT2D eigenvalue weighted by atomic mass is 32.2. The van der Waals surface area contributed by atoms with Crippen LogP contribution in [0.3, 0.4) is 0 Å². The highest BCUT2D eigenvalue weighted by Crippen LogP contribution is 2.22. The lowest BCUT2D eigenvalue weighted by atomic mass is 10.3. The number of ether oxygens (including phenoxy) is 4. The van der Waals surface area contributed by atoms with Gasteiger partial charge < -0.3 is 29.2 Å². The maximum absolute atomic E-state index is 10.2. The van der Waals surface area contributed by atoms with E-state index in [2.05, 4.69) is 0 Å². The normalized spacial score (nSPS) is 12.6. The molecule has 6 nitrogen and oxygen atoms in total. The quantitative estimate of drug-likeness (QED) is 0.305. The molecule has 3 rings (SSSR count). The van der Waals surface area contributed by atoms with Crippen molar-refractivity contribution in [3.63, 3.8) is 0 Å². The summed E-state index contributed by atoms with van der Waals surface area (Å²) in [6.07, 6.45) is 2.46. The van der Waals surface area contributed by atoms with Crippen molar-refractivity contribution in [2.24, 2.45) is 0 Å². The molecule has 0 bridgehead atoms. The van der Waals surface area contributed by atoms with Crippen LogP contribution in [0.4, 0.5) is 0 Å². The Bertz CT molecular complexity index is 905. The summed E-state index contributed by atoms with van der Waals surface area (Å²) >= 11 is 3.32. The summed E-state index contributed by atoms with van der Waals surface area (Å²) in [7, 11) is 0. The lowest BCUT2D eigenvalue weighted by molar-refractivity contribution is 0.0601. The summed E-state index contributed by atoms with van der Waals surface area (Å²) in [4.78, 5) is 2.30. The van der Waals surface area contributed by atoms with E-state index in [0.717, 1.165) is 9.79 Å². The van der Waals surface area contributed by atoms with Gasteiger partial charge in [-0.1, -0.05) is 6.07 Å². The largest absolute Gasteiger partial charge is 0.491 e. The molecule has 2 N–H and O–H groups in total. The minimum Gasteiger partial charge on any atom is -0.491 e. The first-order valence-electron chi connectivity index (χ1n) is 10.8.